The first kappa shape index (κ1) is 29.5. The zero-order valence-corrected chi connectivity index (χ0v) is 23.3. The van der Waals surface area contributed by atoms with E-state index in [1.807, 2.05) is 30.3 Å². The van der Waals surface area contributed by atoms with Crippen LogP contribution in [0.1, 0.15) is 49.3 Å². The molecule has 0 saturated carbocycles. The van der Waals surface area contributed by atoms with Crippen molar-refractivity contribution in [2.75, 3.05) is 32.0 Å². The summed E-state index contributed by atoms with van der Waals surface area (Å²) < 4.78 is 12.8. The van der Waals surface area contributed by atoms with E-state index >= 15 is 0 Å². The van der Waals surface area contributed by atoms with Gasteiger partial charge in [-0.2, -0.15) is 9.97 Å². The van der Waals surface area contributed by atoms with Crippen LogP contribution in [0.5, 0.6) is 11.9 Å². The summed E-state index contributed by atoms with van der Waals surface area (Å²) in [5.41, 5.74) is 9.21. The molecule has 0 fully saturated rings. The number of H-pyrrole nitrogens is 1. The van der Waals surface area contributed by atoms with Gasteiger partial charge in [0.15, 0.2) is 11.5 Å². The summed E-state index contributed by atoms with van der Waals surface area (Å²) in [6, 6.07) is 11.5. The number of nitrogen functional groups attached to an aromatic ring is 1. The molecule has 1 aromatic carbocycles. The van der Waals surface area contributed by atoms with Gasteiger partial charge in [0.2, 0.25) is 5.88 Å². The second-order valence-corrected chi connectivity index (χ2v) is 9.76. The molecule has 0 aliphatic heterocycles. The van der Waals surface area contributed by atoms with Crippen LogP contribution >= 0.6 is 0 Å². The van der Waals surface area contributed by atoms with Gasteiger partial charge >= 0.3 is 17.7 Å². The highest BCUT2D eigenvalue weighted by Crippen LogP contribution is 2.19. The molecule has 0 amide bonds. The summed E-state index contributed by atoms with van der Waals surface area (Å²) in [5.74, 6) is -0.135. The number of aliphatic carboxylic acids is 1. The van der Waals surface area contributed by atoms with Crippen LogP contribution in [-0.2, 0) is 24.2 Å². The highest BCUT2D eigenvalue weighted by Gasteiger charge is 2.15. The molecule has 0 spiro atoms. The number of carboxylic acid groups (broad SMARTS) is 1. The van der Waals surface area contributed by atoms with Gasteiger partial charge in [-0.25, -0.2) is 9.78 Å². The summed E-state index contributed by atoms with van der Waals surface area (Å²) >= 11 is 0. The number of aromatic amines is 1. The molecule has 5 N–H and O–H groups in total. The molecule has 41 heavy (non-hydrogen) atoms. The van der Waals surface area contributed by atoms with E-state index in [9.17, 15) is 9.59 Å². The van der Waals surface area contributed by atoms with Gasteiger partial charge in [-0.15, -0.1) is 0 Å². The van der Waals surface area contributed by atoms with Gasteiger partial charge in [0.1, 0.15) is 5.52 Å². The SMILES string of the molecule is CCCCOc1nc(N)c2[nH]c(=O)n(Cc3ccc(OCCCCNCCc4cccc(CC(=O)O)c4)nc3)c2n1. The minimum atomic E-state index is -0.820. The third-order valence-electron chi connectivity index (χ3n) is 6.43. The smallest absolute Gasteiger partial charge is 0.328 e. The molecule has 0 saturated heterocycles. The lowest BCUT2D eigenvalue weighted by Gasteiger charge is -2.09. The molecule has 0 bridgehead atoms. The van der Waals surface area contributed by atoms with Gasteiger partial charge in [0.25, 0.3) is 0 Å². The number of ether oxygens (including phenoxy) is 2. The predicted molar refractivity (Wildman–Crippen MR) is 155 cm³/mol. The number of imidazole rings is 1. The largest absolute Gasteiger partial charge is 0.481 e. The molecular weight excluding hydrogens is 526 g/mol. The molecular formula is C29H37N7O5. The van der Waals surface area contributed by atoms with Gasteiger partial charge in [0.05, 0.1) is 26.2 Å². The Kier molecular flexibility index (Phi) is 10.7. The van der Waals surface area contributed by atoms with Crippen molar-refractivity contribution in [2.45, 2.75) is 52.0 Å². The molecule has 12 nitrogen and oxygen atoms in total. The second-order valence-electron chi connectivity index (χ2n) is 9.76. The zero-order chi connectivity index (χ0) is 29.0. The highest BCUT2D eigenvalue weighted by atomic mass is 16.5. The summed E-state index contributed by atoms with van der Waals surface area (Å²) in [7, 11) is 0. The van der Waals surface area contributed by atoms with E-state index in [0.717, 1.165) is 61.9 Å². The number of unbranched alkanes of at least 4 members (excludes halogenated alkanes) is 2. The number of nitrogens with zero attached hydrogens (tertiary/aromatic N) is 4. The van der Waals surface area contributed by atoms with Crippen molar-refractivity contribution < 1.29 is 19.4 Å². The Labute approximate surface area is 238 Å². The fraction of sp³-hybridized carbons (Fsp3) is 0.414. The number of hydrogen-bond acceptors (Lipinski definition) is 9. The lowest BCUT2D eigenvalue weighted by Crippen LogP contribution is -2.19. The van der Waals surface area contributed by atoms with E-state index in [-0.39, 0.29) is 30.5 Å². The normalized spacial score (nSPS) is 11.1. The van der Waals surface area contributed by atoms with Gasteiger partial charge in [-0.1, -0.05) is 43.7 Å². The number of benzene rings is 1. The monoisotopic (exact) mass is 563 g/mol. The zero-order valence-electron chi connectivity index (χ0n) is 23.3. The van der Waals surface area contributed by atoms with Crippen LogP contribution in [0.3, 0.4) is 0 Å². The molecule has 0 aliphatic carbocycles. The third kappa shape index (κ3) is 8.77. The molecule has 0 unspecified atom stereocenters. The number of hydrogen-bond donors (Lipinski definition) is 4. The Hall–Kier alpha value is -4.45. The Morgan fingerprint density at radius 1 is 1.05 bits per heavy atom. The third-order valence-corrected chi connectivity index (χ3v) is 6.43. The number of fused-ring (bicyclic) bond motifs is 1. The maximum atomic E-state index is 12.6. The topological polar surface area (TPSA) is 170 Å². The van der Waals surface area contributed by atoms with Crippen LogP contribution in [0, 0.1) is 0 Å². The molecule has 218 valence electrons. The van der Waals surface area contributed by atoms with E-state index in [4.69, 9.17) is 20.3 Å². The Morgan fingerprint density at radius 2 is 1.88 bits per heavy atom. The van der Waals surface area contributed by atoms with E-state index < -0.39 is 5.97 Å². The fourth-order valence-corrected chi connectivity index (χ4v) is 4.28. The molecule has 3 aromatic heterocycles. The predicted octanol–water partition coefficient (Wildman–Crippen LogP) is 2.94. The van der Waals surface area contributed by atoms with Gasteiger partial charge in [0, 0.05) is 12.3 Å². The first-order valence-electron chi connectivity index (χ1n) is 13.9. The average molecular weight is 564 g/mol. The fourth-order valence-electron chi connectivity index (χ4n) is 4.28. The van der Waals surface area contributed by atoms with E-state index in [0.29, 0.717) is 30.3 Å². The van der Waals surface area contributed by atoms with Crippen LogP contribution in [0.25, 0.3) is 11.2 Å². The first-order chi connectivity index (χ1) is 19.9. The summed E-state index contributed by atoms with van der Waals surface area (Å²) in [6.45, 7) is 5.03. The number of carboxylic acids is 1. The van der Waals surface area contributed by atoms with Crippen LogP contribution in [-0.4, -0.2) is 61.9 Å². The second kappa shape index (κ2) is 14.8. The molecule has 4 aromatic rings. The van der Waals surface area contributed by atoms with Crippen molar-refractivity contribution in [3.8, 4) is 11.9 Å². The highest BCUT2D eigenvalue weighted by molar-refractivity contribution is 5.82. The first-order valence-corrected chi connectivity index (χ1v) is 13.9. The minimum absolute atomic E-state index is 0.0454. The van der Waals surface area contributed by atoms with Crippen molar-refractivity contribution in [1.82, 2.24) is 29.8 Å². The number of rotatable bonds is 17. The Morgan fingerprint density at radius 3 is 2.66 bits per heavy atom. The number of nitrogens with two attached hydrogens (primary N) is 1. The van der Waals surface area contributed by atoms with Gasteiger partial charge in [-0.05, 0) is 55.5 Å². The summed E-state index contributed by atoms with van der Waals surface area (Å²) in [4.78, 5) is 39.1. The summed E-state index contributed by atoms with van der Waals surface area (Å²) in [5, 5.41) is 12.4. The van der Waals surface area contributed by atoms with Crippen molar-refractivity contribution in [2.24, 2.45) is 0 Å². The Bertz CT molecular complexity index is 1480. The maximum absolute atomic E-state index is 12.6. The lowest BCUT2D eigenvalue weighted by molar-refractivity contribution is -0.136. The van der Waals surface area contributed by atoms with Crippen molar-refractivity contribution in [3.63, 3.8) is 0 Å². The van der Waals surface area contributed by atoms with Crippen molar-refractivity contribution in [1.29, 1.82) is 0 Å². The van der Waals surface area contributed by atoms with Crippen molar-refractivity contribution in [3.05, 3.63) is 69.8 Å². The van der Waals surface area contributed by atoms with Crippen LogP contribution in [0.2, 0.25) is 0 Å². The maximum Gasteiger partial charge on any atom is 0.328 e. The quantitative estimate of drug-likeness (QED) is 0.140. The van der Waals surface area contributed by atoms with Crippen LogP contribution in [0.15, 0.2) is 47.4 Å². The standard InChI is InChI=1S/C29H37N7O5/c1-2-3-14-41-28-34-26(30)25-27(35-28)36(29(39)33-25)19-22-9-10-23(32-18-22)40-15-5-4-12-31-13-11-20-7-6-8-21(16-20)17-24(37)38/h6-10,16,18,31H,2-5,11-15,17,19H2,1H3,(H,33,39)(H,37,38)(H2,30,34,35). The van der Waals surface area contributed by atoms with E-state index in [2.05, 4.69) is 32.2 Å². The molecule has 12 heteroatoms. The minimum Gasteiger partial charge on any atom is -0.481 e. The Balaban J connectivity index is 1.19. The molecule has 4 rings (SSSR count). The number of nitrogens with one attached hydrogen (secondary N) is 2. The van der Waals surface area contributed by atoms with Gasteiger partial charge in [-0.3, -0.25) is 9.36 Å². The molecule has 3 heterocycles. The van der Waals surface area contributed by atoms with Crippen LogP contribution < -0.4 is 26.2 Å². The summed E-state index contributed by atoms with van der Waals surface area (Å²) in [6.07, 6.45) is 6.24. The van der Waals surface area contributed by atoms with E-state index in [1.165, 1.54) is 4.57 Å². The molecule has 0 radical (unpaired) electrons. The number of anilines is 1. The average Bonchev–Trinajstić information content (AvgIpc) is 3.26. The molecule has 0 aliphatic rings. The number of pyridine rings is 1. The number of carbonyl (C=O) groups is 1. The van der Waals surface area contributed by atoms with Gasteiger partial charge < -0.3 is 30.6 Å². The van der Waals surface area contributed by atoms with Crippen molar-refractivity contribution >= 4 is 23.0 Å². The van der Waals surface area contributed by atoms with E-state index in [1.54, 1.807) is 12.3 Å². The van der Waals surface area contributed by atoms with Crippen LogP contribution in [0.4, 0.5) is 5.82 Å². The lowest BCUT2D eigenvalue weighted by atomic mass is 10.1. The number of aromatic nitrogens is 5. The molecule has 0 atom stereocenters.